The van der Waals surface area contributed by atoms with E-state index in [1.807, 2.05) is 0 Å². The molecular formula is C26H35N. The van der Waals surface area contributed by atoms with Gasteiger partial charge in [-0.2, -0.15) is 0 Å². The largest absolute Gasteiger partial charge is 0.377 e. The smallest absolute Gasteiger partial charge is 0.0443 e. The first kappa shape index (κ1) is 18.6. The van der Waals surface area contributed by atoms with Crippen LogP contribution in [0.15, 0.2) is 42.5 Å². The molecule has 0 aliphatic heterocycles. The van der Waals surface area contributed by atoms with Gasteiger partial charge in [-0.1, -0.05) is 74.9 Å². The molecule has 2 aliphatic carbocycles. The highest BCUT2D eigenvalue weighted by Crippen LogP contribution is 2.39. The van der Waals surface area contributed by atoms with Gasteiger partial charge in [-0.05, 0) is 60.3 Å². The molecule has 2 saturated carbocycles. The van der Waals surface area contributed by atoms with E-state index in [9.17, 15) is 0 Å². The molecule has 1 nitrogen and oxygen atoms in total. The lowest BCUT2D eigenvalue weighted by molar-refractivity contribution is 0.443. The number of anilines is 1. The van der Waals surface area contributed by atoms with Crippen molar-refractivity contribution >= 4 is 5.69 Å². The average molecular weight is 362 g/mol. The van der Waals surface area contributed by atoms with Crippen molar-refractivity contribution in [3.8, 4) is 11.1 Å². The van der Waals surface area contributed by atoms with Gasteiger partial charge < -0.3 is 4.90 Å². The lowest BCUT2D eigenvalue weighted by Crippen LogP contribution is -2.12. The molecule has 0 unspecified atom stereocenters. The molecule has 2 aromatic rings. The maximum absolute atomic E-state index is 2.47. The van der Waals surface area contributed by atoms with Crippen molar-refractivity contribution < 1.29 is 0 Å². The monoisotopic (exact) mass is 361 g/mol. The Morgan fingerprint density at radius 3 is 1.85 bits per heavy atom. The maximum Gasteiger partial charge on any atom is 0.0443 e. The third kappa shape index (κ3) is 4.23. The summed E-state index contributed by atoms with van der Waals surface area (Å²) in [6, 6.07) is 16.7. The van der Waals surface area contributed by atoms with Gasteiger partial charge in [-0.3, -0.25) is 0 Å². The Balaban J connectivity index is 1.66. The van der Waals surface area contributed by atoms with Crippen molar-refractivity contribution in [1.29, 1.82) is 0 Å². The summed E-state index contributed by atoms with van der Waals surface area (Å²) in [5.41, 5.74) is 7.24. The van der Waals surface area contributed by atoms with E-state index in [0.29, 0.717) is 0 Å². The predicted molar refractivity (Wildman–Crippen MR) is 118 cm³/mol. The van der Waals surface area contributed by atoms with Crippen molar-refractivity contribution in [3.05, 3.63) is 53.6 Å². The predicted octanol–water partition coefficient (Wildman–Crippen LogP) is 7.52. The Morgan fingerprint density at radius 1 is 0.667 bits per heavy atom. The lowest BCUT2D eigenvalue weighted by atomic mass is 9.82. The third-order valence-corrected chi connectivity index (χ3v) is 6.85. The summed E-state index contributed by atoms with van der Waals surface area (Å²) in [7, 11) is 4.38. The van der Waals surface area contributed by atoms with Crippen LogP contribution in [0.2, 0.25) is 0 Å². The van der Waals surface area contributed by atoms with Gasteiger partial charge in [-0.15, -0.1) is 0 Å². The molecule has 2 aliphatic rings. The minimum atomic E-state index is 0.764. The van der Waals surface area contributed by atoms with E-state index in [4.69, 9.17) is 0 Å². The Labute approximate surface area is 165 Å². The Bertz CT molecular complexity index is 749. The number of rotatable bonds is 4. The quantitative estimate of drug-likeness (QED) is 0.544. The van der Waals surface area contributed by atoms with Crippen molar-refractivity contribution in [2.45, 2.75) is 76.0 Å². The average Bonchev–Trinajstić information content (AvgIpc) is 2.74. The van der Waals surface area contributed by atoms with Gasteiger partial charge in [0, 0.05) is 25.3 Å². The molecule has 27 heavy (non-hydrogen) atoms. The minimum Gasteiger partial charge on any atom is -0.377 e. The van der Waals surface area contributed by atoms with Gasteiger partial charge in [0.25, 0.3) is 0 Å². The first-order valence-electron chi connectivity index (χ1n) is 11.1. The molecule has 0 saturated heterocycles. The van der Waals surface area contributed by atoms with Crippen LogP contribution in [-0.4, -0.2) is 14.1 Å². The second-order valence-electron chi connectivity index (χ2n) is 8.97. The summed E-state index contributed by atoms with van der Waals surface area (Å²) in [6.07, 6.45) is 13.9. The Kier molecular flexibility index (Phi) is 5.86. The minimum absolute atomic E-state index is 0.764. The van der Waals surface area contributed by atoms with Crippen molar-refractivity contribution in [3.63, 3.8) is 0 Å². The molecule has 0 aromatic heterocycles. The molecule has 4 rings (SSSR count). The first-order valence-corrected chi connectivity index (χ1v) is 11.1. The van der Waals surface area contributed by atoms with Crippen molar-refractivity contribution in [2.75, 3.05) is 19.0 Å². The van der Waals surface area contributed by atoms with Crippen LogP contribution in [0.1, 0.15) is 87.2 Å². The first-order chi connectivity index (χ1) is 13.2. The van der Waals surface area contributed by atoms with E-state index >= 15 is 0 Å². The molecule has 0 atom stereocenters. The van der Waals surface area contributed by atoms with Crippen LogP contribution in [0.4, 0.5) is 5.69 Å². The lowest BCUT2D eigenvalue weighted by Gasteiger charge is -2.26. The van der Waals surface area contributed by atoms with Crippen LogP contribution in [0, 0.1) is 0 Å². The van der Waals surface area contributed by atoms with Crippen LogP contribution in [0.5, 0.6) is 0 Å². The molecule has 0 bridgehead atoms. The summed E-state index contributed by atoms with van der Waals surface area (Å²) in [5, 5.41) is 0. The highest BCUT2D eigenvalue weighted by atomic mass is 15.1. The summed E-state index contributed by atoms with van der Waals surface area (Å²) in [5.74, 6) is 1.53. The summed E-state index contributed by atoms with van der Waals surface area (Å²) >= 11 is 0. The second kappa shape index (κ2) is 8.50. The fourth-order valence-corrected chi connectivity index (χ4v) is 5.25. The van der Waals surface area contributed by atoms with Gasteiger partial charge in [0.05, 0.1) is 0 Å². The van der Waals surface area contributed by atoms with E-state index in [-0.39, 0.29) is 0 Å². The molecule has 0 radical (unpaired) electrons. The highest BCUT2D eigenvalue weighted by molar-refractivity contribution is 5.79. The molecule has 2 aromatic carbocycles. The zero-order chi connectivity index (χ0) is 18.6. The zero-order valence-electron chi connectivity index (χ0n) is 17.2. The van der Waals surface area contributed by atoms with Crippen LogP contribution in [0.3, 0.4) is 0 Å². The molecule has 2 fully saturated rings. The van der Waals surface area contributed by atoms with E-state index in [2.05, 4.69) is 61.5 Å². The van der Waals surface area contributed by atoms with Gasteiger partial charge in [0.1, 0.15) is 0 Å². The maximum atomic E-state index is 2.47. The molecule has 1 heteroatoms. The van der Waals surface area contributed by atoms with E-state index in [1.54, 1.807) is 11.1 Å². The fraction of sp³-hybridized carbons (Fsp3) is 0.538. The van der Waals surface area contributed by atoms with Crippen LogP contribution >= 0.6 is 0 Å². The van der Waals surface area contributed by atoms with Gasteiger partial charge >= 0.3 is 0 Å². The van der Waals surface area contributed by atoms with Gasteiger partial charge in [-0.25, -0.2) is 0 Å². The van der Waals surface area contributed by atoms with Crippen LogP contribution in [-0.2, 0) is 0 Å². The molecule has 0 spiro atoms. The van der Waals surface area contributed by atoms with Gasteiger partial charge in [0.2, 0.25) is 0 Å². The number of nitrogens with zero attached hydrogens (tertiary/aromatic N) is 1. The van der Waals surface area contributed by atoms with Gasteiger partial charge in [0.15, 0.2) is 0 Å². The number of benzene rings is 2. The second-order valence-corrected chi connectivity index (χ2v) is 8.97. The number of hydrogen-bond donors (Lipinski definition) is 0. The summed E-state index contributed by atoms with van der Waals surface area (Å²) in [6.45, 7) is 0. The summed E-state index contributed by atoms with van der Waals surface area (Å²) < 4.78 is 0. The summed E-state index contributed by atoms with van der Waals surface area (Å²) in [4.78, 5) is 2.30. The molecule has 0 amide bonds. The number of hydrogen-bond acceptors (Lipinski definition) is 1. The highest BCUT2D eigenvalue weighted by Gasteiger charge is 2.19. The molecule has 144 valence electrons. The molecule has 0 heterocycles. The third-order valence-electron chi connectivity index (χ3n) is 6.85. The molecular weight excluding hydrogens is 326 g/mol. The SMILES string of the molecule is CN(C)c1cc(C2CCCCC2)ccc1-c1cccc(C2CCCCC2)c1. The van der Waals surface area contributed by atoms with Crippen LogP contribution < -0.4 is 4.90 Å². The Morgan fingerprint density at radius 2 is 1.26 bits per heavy atom. The van der Waals surface area contributed by atoms with Crippen molar-refractivity contribution in [1.82, 2.24) is 0 Å². The normalized spacial score (nSPS) is 19.2. The fourth-order valence-electron chi connectivity index (χ4n) is 5.25. The zero-order valence-corrected chi connectivity index (χ0v) is 17.2. The Hall–Kier alpha value is -1.76. The standard InChI is InChI=1S/C26H35N/c1-27(2)26-19-23(21-12-7-4-8-13-21)16-17-25(26)24-15-9-14-22(18-24)20-10-5-3-6-11-20/h9,14-21H,3-8,10-13H2,1-2H3. The topological polar surface area (TPSA) is 3.24 Å². The van der Waals surface area contributed by atoms with Crippen LogP contribution in [0.25, 0.3) is 11.1 Å². The van der Waals surface area contributed by atoms with E-state index < -0.39 is 0 Å². The van der Waals surface area contributed by atoms with E-state index in [0.717, 1.165) is 11.8 Å². The van der Waals surface area contributed by atoms with Crippen molar-refractivity contribution in [2.24, 2.45) is 0 Å². The van der Waals surface area contributed by atoms with E-state index in [1.165, 1.54) is 81.0 Å². The molecule has 0 N–H and O–H groups in total.